The van der Waals surface area contributed by atoms with Crippen LogP contribution in [0.1, 0.15) is 12.0 Å². The highest BCUT2D eigenvalue weighted by atomic mass is 19.1. The van der Waals surface area contributed by atoms with Crippen LogP contribution >= 0.6 is 0 Å². The molecule has 2 aromatic carbocycles. The van der Waals surface area contributed by atoms with Gasteiger partial charge in [0.2, 0.25) is 0 Å². The number of non-ortho nitro benzene ring substituents is 1. The van der Waals surface area contributed by atoms with Crippen molar-refractivity contribution in [3.63, 3.8) is 0 Å². The first-order chi connectivity index (χ1) is 15.3. The fourth-order valence-corrected chi connectivity index (χ4v) is 3.41. The fraction of sp³-hybridized carbons (Fsp3) is 0.333. The van der Waals surface area contributed by atoms with E-state index in [2.05, 4.69) is 10.1 Å². The van der Waals surface area contributed by atoms with E-state index in [1.54, 1.807) is 24.1 Å². The zero-order valence-corrected chi connectivity index (χ0v) is 17.4. The minimum Gasteiger partial charge on any atom is -0.493 e. The number of hydrogen-bond acceptors (Lipinski definition) is 7. The smallest absolute Gasteiger partial charge is 0.273 e. The van der Waals surface area contributed by atoms with Crippen LogP contribution in [-0.4, -0.2) is 56.4 Å². The summed E-state index contributed by atoms with van der Waals surface area (Å²) < 4.78 is 34.8. The van der Waals surface area contributed by atoms with Crippen LogP contribution in [0.3, 0.4) is 0 Å². The molecule has 0 aliphatic rings. The molecule has 3 aromatic rings. The van der Waals surface area contributed by atoms with E-state index in [0.717, 1.165) is 12.1 Å². The summed E-state index contributed by atoms with van der Waals surface area (Å²) in [7, 11) is 1.75. The predicted molar refractivity (Wildman–Crippen MR) is 111 cm³/mol. The number of nitro benzene ring substituents is 1. The van der Waals surface area contributed by atoms with E-state index in [0.29, 0.717) is 18.7 Å². The van der Waals surface area contributed by atoms with Gasteiger partial charge in [-0.3, -0.25) is 10.1 Å². The first-order valence-electron chi connectivity index (χ1n) is 9.83. The fourth-order valence-electron chi connectivity index (χ4n) is 3.41. The molecule has 0 saturated heterocycles. The molecule has 0 radical (unpaired) electrons. The van der Waals surface area contributed by atoms with Crippen molar-refractivity contribution in [1.82, 2.24) is 19.7 Å². The third-order valence-electron chi connectivity index (χ3n) is 4.84. The Labute approximate surface area is 183 Å². The maximum Gasteiger partial charge on any atom is 0.273 e. The van der Waals surface area contributed by atoms with Gasteiger partial charge in [-0.1, -0.05) is 12.1 Å². The molecule has 3 rings (SSSR count). The molecule has 1 N–H and O–H groups in total. The molecule has 0 aliphatic heterocycles. The van der Waals surface area contributed by atoms with E-state index in [1.807, 2.05) is 0 Å². The number of likely N-dealkylation sites (N-methyl/N-ethyl adjacent to an activating group) is 1. The molecule has 0 saturated carbocycles. The van der Waals surface area contributed by atoms with E-state index < -0.39 is 22.2 Å². The maximum absolute atomic E-state index is 14.5. The molecule has 0 bridgehead atoms. The summed E-state index contributed by atoms with van der Waals surface area (Å²) in [6, 6.07) is 8.95. The quantitative estimate of drug-likeness (QED) is 0.274. The highest BCUT2D eigenvalue weighted by molar-refractivity contribution is 5.37. The highest BCUT2D eigenvalue weighted by Crippen LogP contribution is 2.27. The molecule has 1 aromatic heterocycles. The molecule has 0 aliphatic carbocycles. The average Bonchev–Trinajstić information content (AvgIpc) is 3.23. The van der Waals surface area contributed by atoms with Gasteiger partial charge in [0.15, 0.2) is 0 Å². The van der Waals surface area contributed by atoms with Gasteiger partial charge >= 0.3 is 0 Å². The number of aliphatic hydroxyl groups is 1. The first kappa shape index (κ1) is 23.2. The summed E-state index contributed by atoms with van der Waals surface area (Å²) in [6.45, 7) is 0.728. The average molecular weight is 447 g/mol. The zero-order chi connectivity index (χ0) is 23.1. The van der Waals surface area contributed by atoms with Crippen molar-refractivity contribution < 1.29 is 23.5 Å². The van der Waals surface area contributed by atoms with Crippen molar-refractivity contribution in [1.29, 1.82) is 0 Å². The van der Waals surface area contributed by atoms with E-state index in [4.69, 9.17) is 4.74 Å². The van der Waals surface area contributed by atoms with Gasteiger partial charge in [0.25, 0.3) is 5.69 Å². The number of aromatic nitrogens is 3. The van der Waals surface area contributed by atoms with Crippen LogP contribution < -0.4 is 4.74 Å². The SMILES string of the molecule is CN(CCCOc1cccc([N+](=O)[O-])c1)CC(O)(Cn1cncn1)c1ccc(F)cc1F. The van der Waals surface area contributed by atoms with Gasteiger partial charge in [-0.15, -0.1) is 0 Å². The van der Waals surface area contributed by atoms with Gasteiger partial charge in [0.05, 0.1) is 24.1 Å². The molecule has 170 valence electrons. The summed E-state index contributed by atoms with van der Waals surface area (Å²) in [4.78, 5) is 16.0. The molecule has 0 spiro atoms. The van der Waals surface area contributed by atoms with Gasteiger partial charge in [0.1, 0.15) is 35.6 Å². The summed E-state index contributed by atoms with van der Waals surface area (Å²) in [6.07, 6.45) is 3.25. The lowest BCUT2D eigenvalue weighted by Crippen LogP contribution is -2.43. The van der Waals surface area contributed by atoms with Gasteiger partial charge < -0.3 is 14.7 Å². The van der Waals surface area contributed by atoms with Crippen LogP contribution in [0, 0.1) is 21.7 Å². The highest BCUT2D eigenvalue weighted by Gasteiger charge is 2.34. The van der Waals surface area contributed by atoms with Gasteiger partial charge in [-0.2, -0.15) is 5.10 Å². The molecule has 1 atom stereocenters. The number of halogens is 2. The monoisotopic (exact) mass is 447 g/mol. The molecular weight excluding hydrogens is 424 g/mol. The lowest BCUT2D eigenvalue weighted by atomic mass is 9.92. The van der Waals surface area contributed by atoms with Gasteiger partial charge in [-0.05, 0) is 25.6 Å². The Morgan fingerprint density at radius 1 is 1.28 bits per heavy atom. The Kier molecular flexibility index (Phi) is 7.44. The Morgan fingerprint density at radius 3 is 2.78 bits per heavy atom. The van der Waals surface area contributed by atoms with Crippen molar-refractivity contribution in [2.24, 2.45) is 0 Å². The Balaban J connectivity index is 1.62. The number of benzene rings is 2. The summed E-state index contributed by atoms with van der Waals surface area (Å²) in [5, 5.41) is 26.1. The molecule has 1 heterocycles. The van der Waals surface area contributed by atoms with Crippen LogP contribution in [-0.2, 0) is 12.1 Å². The number of hydrogen-bond donors (Lipinski definition) is 1. The van der Waals surface area contributed by atoms with E-state index in [9.17, 15) is 24.0 Å². The first-order valence-corrected chi connectivity index (χ1v) is 9.83. The Morgan fingerprint density at radius 2 is 2.09 bits per heavy atom. The lowest BCUT2D eigenvalue weighted by molar-refractivity contribution is -0.384. The molecule has 32 heavy (non-hydrogen) atoms. The summed E-state index contributed by atoms with van der Waals surface area (Å²) in [5.41, 5.74) is -1.80. The van der Waals surface area contributed by atoms with Crippen molar-refractivity contribution in [2.45, 2.75) is 18.6 Å². The van der Waals surface area contributed by atoms with Gasteiger partial charge in [-0.25, -0.2) is 18.4 Å². The number of ether oxygens (including phenoxy) is 1. The Bertz CT molecular complexity index is 1050. The minimum atomic E-state index is -1.69. The summed E-state index contributed by atoms with van der Waals surface area (Å²) >= 11 is 0. The molecule has 1 unspecified atom stereocenters. The second kappa shape index (κ2) is 10.2. The van der Waals surface area contributed by atoms with Crippen LogP contribution in [0.15, 0.2) is 55.1 Å². The van der Waals surface area contributed by atoms with Crippen LogP contribution in [0.2, 0.25) is 0 Å². The number of nitro groups is 1. The second-order valence-corrected chi connectivity index (χ2v) is 7.44. The predicted octanol–water partition coefficient (Wildman–Crippen LogP) is 2.75. The largest absolute Gasteiger partial charge is 0.493 e. The van der Waals surface area contributed by atoms with E-state index >= 15 is 0 Å². The molecule has 9 nitrogen and oxygen atoms in total. The molecular formula is C21H23F2N5O4. The van der Waals surface area contributed by atoms with Crippen molar-refractivity contribution in [2.75, 3.05) is 26.7 Å². The summed E-state index contributed by atoms with van der Waals surface area (Å²) in [5.74, 6) is -1.20. The lowest BCUT2D eigenvalue weighted by Gasteiger charge is -2.33. The normalized spacial score (nSPS) is 13.2. The molecule has 0 fully saturated rings. The maximum atomic E-state index is 14.5. The standard InChI is InChI=1S/C21H23F2N5O4/c1-26(8-3-9-32-18-5-2-4-17(11-18)28(30)31)12-21(29,13-27-15-24-14-25-27)19-7-6-16(22)10-20(19)23/h2,4-7,10-11,14-15,29H,3,8-9,12-13H2,1H3. The Hall–Kier alpha value is -3.44. The third kappa shape index (κ3) is 6.05. The van der Waals surface area contributed by atoms with Gasteiger partial charge in [0, 0.05) is 30.8 Å². The van der Waals surface area contributed by atoms with Crippen LogP contribution in [0.5, 0.6) is 5.75 Å². The zero-order valence-electron chi connectivity index (χ0n) is 17.4. The second-order valence-electron chi connectivity index (χ2n) is 7.44. The minimum absolute atomic E-state index is 0.0339. The molecule has 0 amide bonds. The number of rotatable bonds is 11. The number of nitrogens with zero attached hydrogens (tertiary/aromatic N) is 5. The van der Waals surface area contributed by atoms with Crippen molar-refractivity contribution in [3.8, 4) is 5.75 Å². The van der Waals surface area contributed by atoms with Crippen LogP contribution in [0.4, 0.5) is 14.5 Å². The van der Waals surface area contributed by atoms with Crippen molar-refractivity contribution >= 4 is 5.69 Å². The third-order valence-corrected chi connectivity index (χ3v) is 4.84. The van der Waals surface area contributed by atoms with E-state index in [-0.39, 0.29) is 30.9 Å². The van der Waals surface area contributed by atoms with E-state index in [1.165, 1.54) is 35.5 Å². The van der Waals surface area contributed by atoms with Crippen LogP contribution in [0.25, 0.3) is 0 Å². The van der Waals surface area contributed by atoms with Crippen molar-refractivity contribution in [3.05, 3.63) is 82.4 Å². The molecule has 11 heteroatoms. The topological polar surface area (TPSA) is 107 Å².